The zero-order chi connectivity index (χ0) is 28.3. The molecule has 3 heterocycles. The number of likely N-dealkylation sites (tertiary alicyclic amines) is 2. The van der Waals surface area contributed by atoms with Crippen LogP contribution in [0.2, 0.25) is 0 Å². The molecule has 2 fully saturated rings. The monoisotopic (exact) mass is 544 g/mol. The van der Waals surface area contributed by atoms with Crippen molar-refractivity contribution in [1.82, 2.24) is 14.8 Å². The van der Waals surface area contributed by atoms with E-state index in [2.05, 4.69) is 15.0 Å². The average molecular weight is 545 g/mol. The molecule has 0 aliphatic carbocycles. The Hall–Kier alpha value is -3.60. The van der Waals surface area contributed by atoms with Crippen molar-refractivity contribution in [3.63, 3.8) is 0 Å². The molecule has 1 aromatic heterocycles. The smallest absolute Gasteiger partial charge is 0.388 e. The van der Waals surface area contributed by atoms with Gasteiger partial charge in [-0.1, -0.05) is 38.1 Å². The lowest BCUT2D eigenvalue weighted by atomic mass is 9.69. The molecule has 2 saturated heterocycles. The van der Waals surface area contributed by atoms with Crippen molar-refractivity contribution in [2.45, 2.75) is 51.6 Å². The fourth-order valence-corrected chi connectivity index (χ4v) is 5.33. The third-order valence-corrected chi connectivity index (χ3v) is 7.55. The highest BCUT2D eigenvalue weighted by molar-refractivity contribution is 6.02. The van der Waals surface area contributed by atoms with Gasteiger partial charge in [-0.15, -0.1) is 0 Å². The zero-order valence-electron chi connectivity index (χ0n) is 22.3. The third kappa shape index (κ3) is 6.19. The first-order valence-electron chi connectivity index (χ1n) is 13.1. The van der Waals surface area contributed by atoms with Gasteiger partial charge < -0.3 is 20.1 Å². The van der Waals surface area contributed by atoms with Gasteiger partial charge in [-0.3, -0.25) is 19.3 Å². The molecule has 11 heteroatoms. The molecule has 0 bridgehead atoms. The molecule has 1 aromatic carbocycles. The molecule has 0 atom stereocenters. The molecule has 4 rings (SSSR count). The van der Waals surface area contributed by atoms with Crippen LogP contribution in [-0.4, -0.2) is 77.0 Å². The lowest BCUT2D eigenvalue weighted by Crippen LogP contribution is -2.67. The van der Waals surface area contributed by atoms with Crippen LogP contribution in [0.25, 0.3) is 0 Å². The number of benzene rings is 1. The highest BCUT2D eigenvalue weighted by atomic mass is 19.3. The molecule has 0 radical (unpaired) electrons. The Labute approximate surface area is 226 Å². The highest BCUT2D eigenvalue weighted by Crippen LogP contribution is 2.40. The van der Waals surface area contributed by atoms with Crippen molar-refractivity contribution in [1.29, 1.82) is 0 Å². The quantitative estimate of drug-likeness (QED) is 0.496. The number of piperidine rings is 1. The van der Waals surface area contributed by atoms with E-state index in [-0.39, 0.29) is 48.9 Å². The van der Waals surface area contributed by atoms with Gasteiger partial charge in [0.05, 0.1) is 12.5 Å². The Morgan fingerprint density at radius 1 is 1.13 bits per heavy atom. The lowest BCUT2D eigenvalue weighted by molar-refractivity contribution is -0.145. The molecule has 210 valence electrons. The van der Waals surface area contributed by atoms with E-state index < -0.39 is 23.9 Å². The summed E-state index contributed by atoms with van der Waals surface area (Å²) in [5.74, 6) is -2.05. The average Bonchev–Trinajstić information content (AvgIpc) is 2.85. The second-order valence-electron chi connectivity index (χ2n) is 10.6. The minimum atomic E-state index is -3.11. The molecule has 2 aliphatic rings. The number of aliphatic carboxylic acids is 1. The number of aromatic nitrogens is 1. The predicted molar refractivity (Wildman–Crippen MR) is 140 cm³/mol. The summed E-state index contributed by atoms with van der Waals surface area (Å²) in [7, 11) is 0. The molecule has 9 nitrogen and oxygen atoms in total. The Bertz CT molecular complexity index is 1220. The van der Waals surface area contributed by atoms with Crippen LogP contribution in [0.4, 0.5) is 14.5 Å². The number of pyridine rings is 1. The molecule has 39 heavy (non-hydrogen) atoms. The summed E-state index contributed by atoms with van der Waals surface area (Å²) < 4.78 is 30.6. The first kappa shape index (κ1) is 28.4. The van der Waals surface area contributed by atoms with Gasteiger partial charge in [-0.2, -0.15) is 8.78 Å². The van der Waals surface area contributed by atoms with Gasteiger partial charge in [0, 0.05) is 18.8 Å². The standard InChI is InChI=1S/C28H34F2N4O5/c1-17(2)20-6-4-5-7-21(20)28(26(38)32-22-9-8-18(3)31-24(22)39-27(29)30)15-34(16-28)23(35)14-33-12-10-19(11-13-33)25(36)37/h4-9,17,19,27H,10-16H2,1-3H3,(H,32,38)(H,36,37). The summed E-state index contributed by atoms with van der Waals surface area (Å²) in [5.41, 5.74) is 1.12. The molecular weight excluding hydrogens is 510 g/mol. The van der Waals surface area contributed by atoms with Crippen LogP contribution in [0.3, 0.4) is 0 Å². The van der Waals surface area contributed by atoms with Crippen molar-refractivity contribution in [3.8, 4) is 5.88 Å². The number of carbonyl (C=O) groups excluding carboxylic acids is 2. The van der Waals surface area contributed by atoms with Crippen LogP contribution in [0, 0.1) is 12.8 Å². The third-order valence-electron chi connectivity index (χ3n) is 7.55. The van der Waals surface area contributed by atoms with Crippen molar-refractivity contribution >= 4 is 23.5 Å². The van der Waals surface area contributed by atoms with Gasteiger partial charge in [0.25, 0.3) is 0 Å². The number of ether oxygens (including phenoxy) is 1. The minimum Gasteiger partial charge on any atom is -0.481 e. The lowest BCUT2D eigenvalue weighted by Gasteiger charge is -2.50. The number of hydrogen-bond donors (Lipinski definition) is 2. The van der Waals surface area contributed by atoms with Crippen LogP contribution in [-0.2, 0) is 19.8 Å². The van der Waals surface area contributed by atoms with Crippen LogP contribution >= 0.6 is 0 Å². The number of aryl methyl sites for hydroxylation is 1. The number of anilines is 1. The molecule has 2 amide bonds. The van der Waals surface area contributed by atoms with E-state index >= 15 is 0 Å². The first-order chi connectivity index (χ1) is 18.5. The number of carboxylic acid groups (broad SMARTS) is 1. The maximum atomic E-state index is 13.9. The number of amides is 2. The second kappa shape index (κ2) is 11.6. The van der Waals surface area contributed by atoms with E-state index in [0.717, 1.165) is 11.1 Å². The van der Waals surface area contributed by atoms with Gasteiger partial charge in [0.15, 0.2) is 0 Å². The molecule has 0 spiro atoms. The fraction of sp³-hybridized carbons (Fsp3) is 0.500. The zero-order valence-corrected chi connectivity index (χ0v) is 22.3. The van der Waals surface area contributed by atoms with E-state index in [1.165, 1.54) is 6.07 Å². The van der Waals surface area contributed by atoms with Crippen molar-refractivity contribution in [3.05, 3.63) is 53.2 Å². The number of hydrogen-bond acceptors (Lipinski definition) is 6. The number of carbonyl (C=O) groups is 3. The topological polar surface area (TPSA) is 112 Å². The molecule has 2 N–H and O–H groups in total. The van der Waals surface area contributed by atoms with Gasteiger partial charge >= 0.3 is 12.6 Å². The van der Waals surface area contributed by atoms with E-state index in [4.69, 9.17) is 0 Å². The fourth-order valence-electron chi connectivity index (χ4n) is 5.33. The van der Waals surface area contributed by atoms with Gasteiger partial charge in [-0.25, -0.2) is 4.98 Å². The largest absolute Gasteiger partial charge is 0.481 e. The molecule has 2 aromatic rings. The van der Waals surface area contributed by atoms with E-state index in [0.29, 0.717) is 31.6 Å². The maximum Gasteiger partial charge on any atom is 0.388 e. The summed E-state index contributed by atoms with van der Waals surface area (Å²) >= 11 is 0. The number of nitrogens with one attached hydrogen (secondary N) is 1. The SMILES string of the molecule is Cc1ccc(NC(=O)C2(c3ccccc3C(C)C)CN(C(=O)CN3CCC(C(=O)O)CC3)C2)c(OC(F)F)n1. The van der Waals surface area contributed by atoms with E-state index in [9.17, 15) is 28.3 Å². The van der Waals surface area contributed by atoms with Crippen LogP contribution < -0.4 is 10.1 Å². The highest BCUT2D eigenvalue weighted by Gasteiger charge is 2.53. The first-order valence-corrected chi connectivity index (χ1v) is 13.1. The summed E-state index contributed by atoms with van der Waals surface area (Å²) in [4.78, 5) is 45.9. The van der Waals surface area contributed by atoms with Gasteiger partial charge in [0.1, 0.15) is 11.1 Å². The predicted octanol–water partition coefficient (Wildman–Crippen LogP) is 3.63. The van der Waals surface area contributed by atoms with E-state index in [1.54, 1.807) is 17.9 Å². The molecular formula is C28H34F2N4O5. The van der Waals surface area contributed by atoms with Crippen LogP contribution in [0.1, 0.15) is 49.4 Å². The number of carboxylic acids is 1. The summed E-state index contributed by atoms with van der Waals surface area (Å²) in [5, 5.41) is 12.0. The van der Waals surface area contributed by atoms with Crippen molar-refractivity contribution < 1.29 is 33.0 Å². The van der Waals surface area contributed by atoms with Crippen LogP contribution in [0.15, 0.2) is 36.4 Å². The number of nitrogens with zero attached hydrogens (tertiary/aromatic N) is 3. The maximum absolute atomic E-state index is 13.9. The van der Waals surface area contributed by atoms with E-state index in [1.807, 2.05) is 43.0 Å². The summed E-state index contributed by atoms with van der Waals surface area (Å²) in [6, 6.07) is 10.6. The second-order valence-corrected chi connectivity index (χ2v) is 10.6. The van der Waals surface area contributed by atoms with Crippen molar-refractivity contribution in [2.75, 3.05) is 38.0 Å². The molecule has 0 saturated carbocycles. The number of halogens is 2. The van der Waals surface area contributed by atoms with Gasteiger partial charge in [0.2, 0.25) is 17.7 Å². The Kier molecular flexibility index (Phi) is 8.48. The number of rotatable bonds is 9. The summed E-state index contributed by atoms with van der Waals surface area (Å²) in [6.07, 6.45) is 0.981. The molecule has 2 aliphatic heterocycles. The summed E-state index contributed by atoms with van der Waals surface area (Å²) in [6.45, 7) is 3.99. The minimum absolute atomic E-state index is 0.0263. The van der Waals surface area contributed by atoms with Crippen molar-refractivity contribution in [2.24, 2.45) is 5.92 Å². The number of alkyl halides is 2. The van der Waals surface area contributed by atoms with Gasteiger partial charge in [-0.05, 0) is 62.0 Å². The Morgan fingerprint density at radius 3 is 2.41 bits per heavy atom. The Morgan fingerprint density at radius 2 is 1.79 bits per heavy atom. The molecule has 0 unspecified atom stereocenters. The van der Waals surface area contributed by atoms with Crippen LogP contribution in [0.5, 0.6) is 5.88 Å². The normalized spacial score (nSPS) is 17.7. The Balaban J connectivity index is 1.55.